The molecule has 2 aromatic rings. The van der Waals surface area contributed by atoms with Gasteiger partial charge in [-0.1, -0.05) is 12.5 Å². The number of rotatable bonds is 4. The Morgan fingerprint density at radius 3 is 2.89 bits per heavy atom. The standard InChI is InChI=1S/C20H29N5O2/c1-23-14-21-22-18(23)10-20(12-27-13-20)15-5-4-7-16(9-15)25-11-17-6-2-3-8-24(17)19(25)26/h2-3,6,8,11,15-16,18,21-22H,4-5,7,9-10,12-14H2,1H3. The molecule has 2 aromatic heterocycles. The van der Waals surface area contributed by atoms with E-state index in [0.29, 0.717) is 18.1 Å². The highest BCUT2D eigenvalue weighted by atomic mass is 16.5. The molecule has 4 heterocycles. The molecule has 3 unspecified atom stereocenters. The number of nitrogens with one attached hydrogen (secondary N) is 2. The number of hydrogen-bond acceptors (Lipinski definition) is 5. The Hall–Kier alpha value is -1.67. The van der Waals surface area contributed by atoms with Gasteiger partial charge >= 0.3 is 5.69 Å². The highest BCUT2D eigenvalue weighted by Crippen LogP contribution is 2.49. The predicted octanol–water partition coefficient (Wildman–Crippen LogP) is 1.56. The van der Waals surface area contributed by atoms with Crippen LogP contribution in [0.5, 0.6) is 0 Å². The van der Waals surface area contributed by atoms with Gasteiger partial charge in [-0.2, -0.15) is 0 Å². The second-order valence-electron chi connectivity index (χ2n) is 8.64. The van der Waals surface area contributed by atoms with E-state index < -0.39 is 0 Å². The van der Waals surface area contributed by atoms with Gasteiger partial charge < -0.3 is 4.74 Å². The summed E-state index contributed by atoms with van der Waals surface area (Å²) < 4.78 is 9.45. The molecule has 3 atom stereocenters. The van der Waals surface area contributed by atoms with Crippen LogP contribution in [0.15, 0.2) is 35.4 Å². The van der Waals surface area contributed by atoms with Crippen molar-refractivity contribution in [3.8, 4) is 0 Å². The zero-order chi connectivity index (χ0) is 18.4. The van der Waals surface area contributed by atoms with Gasteiger partial charge in [-0.25, -0.2) is 15.6 Å². The quantitative estimate of drug-likeness (QED) is 0.854. The molecule has 2 saturated heterocycles. The van der Waals surface area contributed by atoms with E-state index in [1.807, 2.05) is 35.2 Å². The third-order valence-electron chi connectivity index (χ3n) is 7.00. The number of aromatic nitrogens is 2. The molecular formula is C20H29N5O2. The monoisotopic (exact) mass is 371 g/mol. The van der Waals surface area contributed by atoms with Gasteiger partial charge in [0.15, 0.2) is 0 Å². The van der Waals surface area contributed by atoms with Gasteiger partial charge in [0, 0.05) is 23.9 Å². The molecule has 7 nitrogen and oxygen atoms in total. The van der Waals surface area contributed by atoms with Crippen LogP contribution in [0.4, 0.5) is 0 Å². The SMILES string of the molecule is CN1CNNC1CC1(C2CCCC(n3cc4ccccn4c3=O)C2)COC1. The van der Waals surface area contributed by atoms with Crippen molar-refractivity contribution in [1.82, 2.24) is 24.7 Å². The summed E-state index contributed by atoms with van der Waals surface area (Å²) in [5.74, 6) is 0.607. The lowest BCUT2D eigenvalue weighted by Gasteiger charge is -2.51. The number of ether oxygens (including phenoxy) is 1. The van der Waals surface area contributed by atoms with E-state index in [4.69, 9.17) is 4.74 Å². The van der Waals surface area contributed by atoms with Gasteiger partial charge in [0.05, 0.1) is 31.6 Å². The van der Waals surface area contributed by atoms with Gasteiger partial charge in [0.2, 0.25) is 0 Å². The third-order valence-corrected chi connectivity index (χ3v) is 7.00. The molecule has 5 rings (SSSR count). The minimum absolute atomic E-state index is 0.0940. The van der Waals surface area contributed by atoms with Crippen LogP contribution in [0.25, 0.3) is 5.52 Å². The average Bonchev–Trinajstić information content (AvgIpc) is 3.22. The number of hydrazine groups is 1. The maximum absolute atomic E-state index is 12.9. The summed E-state index contributed by atoms with van der Waals surface area (Å²) >= 11 is 0. The number of imidazole rings is 1. The molecule has 2 N–H and O–H groups in total. The van der Waals surface area contributed by atoms with E-state index in [-0.39, 0.29) is 11.1 Å². The summed E-state index contributed by atoms with van der Waals surface area (Å²) in [7, 11) is 2.15. The van der Waals surface area contributed by atoms with Crippen LogP contribution in [-0.4, -0.2) is 47.0 Å². The lowest BCUT2D eigenvalue weighted by atomic mass is 9.64. The molecule has 1 aliphatic carbocycles. The van der Waals surface area contributed by atoms with Crippen LogP contribution in [0.1, 0.15) is 38.1 Å². The molecule has 3 fully saturated rings. The Morgan fingerprint density at radius 2 is 2.19 bits per heavy atom. The van der Waals surface area contributed by atoms with Crippen molar-refractivity contribution >= 4 is 5.52 Å². The minimum Gasteiger partial charge on any atom is -0.380 e. The molecule has 0 spiro atoms. The first-order valence-electron chi connectivity index (χ1n) is 10.1. The highest BCUT2D eigenvalue weighted by molar-refractivity contribution is 5.44. The Labute approximate surface area is 159 Å². The summed E-state index contributed by atoms with van der Waals surface area (Å²) in [6.45, 7) is 2.58. The number of hydrogen-bond donors (Lipinski definition) is 2. The fourth-order valence-electron chi connectivity index (χ4n) is 5.28. The van der Waals surface area contributed by atoms with E-state index in [1.165, 1.54) is 12.8 Å². The van der Waals surface area contributed by atoms with Crippen LogP contribution in [0, 0.1) is 11.3 Å². The minimum atomic E-state index is 0.0940. The smallest absolute Gasteiger partial charge is 0.332 e. The van der Waals surface area contributed by atoms with E-state index in [9.17, 15) is 4.79 Å². The number of pyridine rings is 1. The van der Waals surface area contributed by atoms with Crippen molar-refractivity contribution in [2.45, 2.75) is 44.3 Å². The van der Waals surface area contributed by atoms with Gasteiger partial charge in [0.25, 0.3) is 0 Å². The lowest BCUT2D eigenvalue weighted by Crippen LogP contribution is -2.54. The Balaban J connectivity index is 1.38. The van der Waals surface area contributed by atoms with Crippen LogP contribution < -0.4 is 16.5 Å². The fraction of sp³-hybridized carbons (Fsp3) is 0.650. The van der Waals surface area contributed by atoms with Crippen molar-refractivity contribution in [3.05, 3.63) is 41.1 Å². The van der Waals surface area contributed by atoms with Gasteiger partial charge in [-0.3, -0.25) is 13.9 Å². The van der Waals surface area contributed by atoms with Crippen LogP contribution >= 0.6 is 0 Å². The van der Waals surface area contributed by atoms with Crippen molar-refractivity contribution in [2.24, 2.45) is 11.3 Å². The first-order chi connectivity index (χ1) is 13.2. The lowest BCUT2D eigenvalue weighted by molar-refractivity contribution is -0.167. The molecule has 0 radical (unpaired) electrons. The largest absolute Gasteiger partial charge is 0.380 e. The van der Waals surface area contributed by atoms with Crippen LogP contribution in [-0.2, 0) is 4.74 Å². The molecule has 3 aliphatic rings. The van der Waals surface area contributed by atoms with Gasteiger partial charge in [-0.05, 0) is 50.8 Å². The zero-order valence-corrected chi connectivity index (χ0v) is 15.9. The van der Waals surface area contributed by atoms with E-state index in [0.717, 1.165) is 44.7 Å². The Bertz CT molecular complexity index is 871. The first kappa shape index (κ1) is 17.4. The zero-order valence-electron chi connectivity index (χ0n) is 15.9. The Kier molecular flexibility index (Phi) is 4.35. The van der Waals surface area contributed by atoms with Gasteiger partial charge in [-0.15, -0.1) is 0 Å². The molecular weight excluding hydrogens is 342 g/mol. The maximum atomic E-state index is 12.9. The van der Waals surface area contributed by atoms with E-state index in [1.54, 1.807) is 4.40 Å². The van der Waals surface area contributed by atoms with Crippen LogP contribution in [0.2, 0.25) is 0 Å². The summed E-state index contributed by atoms with van der Waals surface area (Å²) in [5.41, 5.74) is 7.95. The molecule has 2 aliphatic heterocycles. The third kappa shape index (κ3) is 2.93. The number of nitrogens with zero attached hydrogens (tertiary/aromatic N) is 3. The van der Waals surface area contributed by atoms with Crippen LogP contribution in [0.3, 0.4) is 0 Å². The molecule has 1 saturated carbocycles. The number of fused-ring (bicyclic) bond motifs is 1. The maximum Gasteiger partial charge on any atom is 0.332 e. The van der Waals surface area contributed by atoms with E-state index in [2.05, 4.69) is 22.8 Å². The molecule has 146 valence electrons. The molecule has 0 amide bonds. The fourth-order valence-corrected chi connectivity index (χ4v) is 5.28. The summed E-state index contributed by atoms with van der Waals surface area (Å²) in [5, 5.41) is 0. The second kappa shape index (κ2) is 6.74. The van der Waals surface area contributed by atoms with Crippen molar-refractivity contribution < 1.29 is 4.74 Å². The normalized spacial score (nSPS) is 31.2. The molecule has 0 aromatic carbocycles. The summed E-state index contributed by atoms with van der Waals surface area (Å²) in [6.07, 6.45) is 9.94. The average molecular weight is 371 g/mol. The van der Waals surface area contributed by atoms with Crippen molar-refractivity contribution in [1.29, 1.82) is 0 Å². The first-order valence-corrected chi connectivity index (χ1v) is 10.1. The topological polar surface area (TPSA) is 62.9 Å². The Morgan fingerprint density at radius 1 is 1.30 bits per heavy atom. The highest BCUT2D eigenvalue weighted by Gasteiger charge is 2.49. The summed E-state index contributed by atoms with van der Waals surface area (Å²) in [4.78, 5) is 15.2. The molecule has 27 heavy (non-hydrogen) atoms. The molecule has 0 bridgehead atoms. The van der Waals surface area contributed by atoms with Crippen molar-refractivity contribution in [3.63, 3.8) is 0 Å². The predicted molar refractivity (Wildman–Crippen MR) is 103 cm³/mol. The molecule has 7 heteroatoms. The summed E-state index contributed by atoms with van der Waals surface area (Å²) in [6, 6.07) is 6.21. The van der Waals surface area contributed by atoms with E-state index >= 15 is 0 Å². The van der Waals surface area contributed by atoms with Gasteiger partial charge in [0.1, 0.15) is 0 Å². The second-order valence-corrected chi connectivity index (χ2v) is 8.64. The van der Waals surface area contributed by atoms with Crippen molar-refractivity contribution in [2.75, 3.05) is 26.9 Å².